The van der Waals surface area contributed by atoms with Gasteiger partial charge in [-0.15, -0.1) is 0 Å². The van der Waals surface area contributed by atoms with Crippen molar-refractivity contribution in [3.05, 3.63) is 54.4 Å². The molecule has 3 aromatic heterocycles. The minimum Gasteiger partial charge on any atom is -0.506 e. The van der Waals surface area contributed by atoms with E-state index in [0.29, 0.717) is 5.56 Å². The molecule has 27 heavy (non-hydrogen) atoms. The number of nitrogens with two attached hydrogens (primary N) is 1. The van der Waals surface area contributed by atoms with Crippen LogP contribution in [0.2, 0.25) is 0 Å². The lowest BCUT2D eigenvalue weighted by atomic mass is 10.1. The van der Waals surface area contributed by atoms with Crippen LogP contribution in [0.4, 0.5) is 13.2 Å². The van der Waals surface area contributed by atoms with E-state index in [0.717, 1.165) is 12.3 Å². The number of carbonyl (C=O) groups excluding carboxylic acids is 1. The van der Waals surface area contributed by atoms with Gasteiger partial charge >= 0.3 is 12.1 Å². The second kappa shape index (κ2) is 6.96. The summed E-state index contributed by atoms with van der Waals surface area (Å²) in [5.41, 5.74) is 1.77. The molecule has 3 aromatic rings. The Kier molecular flexibility index (Phi) is 4.69. The third kappa shape index (κ3) is 3.98. The van der Waals surface area contributed by atoms with Crippen LogP contribution in [-0.4, -0.2) is 30.9 Å². The minimum absolute atomic E-state index is 0.131. The second-order valence-corrected chi connectivity index (χ2v) is 5.30. The summed E-state index contributed by atoms with van der Waals surface area (Å²) in [6.45, 7) is 0. The smallest absolute Gasteiger partial charge is 0.433 e. The maximum atomic E-state index is 12.7. The molecule has 3 rings (SSSR count). The summed E-state index contributed by atoms with van der Waals surface area (Å²) in [6, 6.07) is 4.75. The molecular weight excluding hydrogens is 365 g/mol. The molecule has 4 N–H and O–H groups in total. The Morgan fingerprint density at radius 3 is 2.30 bits per heavy atom. The lowest BCUT2D eigenvalue weighted by Gasteiger charge is -2.09. The zero-order valence-electron chi connectivity index (χ0n) is 13.4. The number of alkyl halides is 3. The van der Waals surface area contributed by atoms with E-state index >= 15 is 0 Å². The van der Waals surface area contributed by atoms with Crippen molar-refractivity contribution in [1.82, 2.24) is 25.4 Å². The van der Waals surface area contributed by atoms with Gasteiger partial charge in [0, 0.05) is 23.5 Å². The maximum Gasteiger partial charge on any atom is 0.433 e. The average Bonchev–Trinajstić information content (AvgIpc) is 2.66. The van der Waals surface area contributed by atoms with Crippen molar-refractivity contribution < 1.29 is 23.1 Å². The fraction of sp³-hybridized carbons (Fsp3) is 0.0625. The summed E-state index contributed by atoms with van der Waals surface area (Å²) >= 11 is 0. The Morgan fingerprint density at radius 2 is 1.74 bits per heavy atom. The van der Waals surface area contributed by atoms with Gasteiger partial charge in [-0.3, -0.25) is 20.2 Å². The van der Waals surface area contributed by atoms with Crippen LogP contribution in [0.5, 0.6) is 5.75 Å². The third-order valence-corrected chi connectivity index (χ3v) is 3.43. The molecule has 1 amide bonds. The summed E-state index contributed by atoms with van der Waals surface area (Å²) in [6.07, 6.45) is -0.993. The van der Waals surface area contributed by atoms with Crippen LogP contribution in [0.3, 0.4) is 0 Å². The minimum atomic E-state index is -4.58. The van der Waals surface area contributed by atoms with Gasteiger partial charge in [-0.05, 0) is 24.3 Å². The first kappa shape index (κ1) is 18.2. The highest BCUT2D eigenvalue weighted by Gasteiger charge is 2.32. The number of aromatic hydroxyl groups is 1. The molecule has 0 saturated carbocycles. The van der Waals surface area contributed by atoms with E-state index in [4.69, 9.17) is 5.84 Å². The molecule has 0 atom stereocenters. The topological polar surface area (TPSA) is 127 Å². The Morgan fingerprint density at radius 1 is 1.04 bits per heavy atom. The lowest BCUT2D eigenvalue weighted by Crippen LogP contribution is -2.31. The van der Waals surface area contributed by atoms with Crippen molar-refractivity contribution in [1.29, 1.82) is 0 Å². The van der Waals surface area contributed by atoms with Gasteiger partial charge in [-0.25, -0.2) is 15.8 Å². The first-order valence-electron chi connectivity index (χ1n) is 7.36. The molecular formula is C16H11F3N6O2. The van der Waals surface area contributed by atoms with E-state index in [-0.39, 0.29) is 28.5 Å². The standard InChI is InChI=1S/C16H11F3N6O2/c17-16(18,19)13-2-1-8(6-22-13)11-4-12(9-3-10(26)7-21-5-9)24-14(23-11)15(27)25-20/h1-7,26H,20H2,(H,25,27). The van der Waals surface area contributed by atoms with Crippen LogP contribution in [0, 0.1) is 0 Å². The normalized spacial score (nSPS) is 11.3. The maximum absolute atomic E-state index is 12.7. The fourth-order valence-corrected chi connectivity index (χ4v) is 2.19. The number of aromatic nitrogens is 4. The van der Waals surface area contributed by atoms with Crippen LogP contribution in [-0.2, 0) is 6.18 Å². The van der Waals surface area contributed by atoms with Crippen molar-refractivity contribution in [3.63, 3.8) is 0 Å². The van der Waals surface area contributed by atoms with Crippen molar-refractivity contribution >= 4 is 5.91 Å². The molecule has 0 aliphatic heterocycles. The Balaban J connectivity index is 2.12. The zero-order chi connectivity index (χ0) is 19.6. The number of hydrogen-bond acceptors (Lipinski definition) is 7. The highest BCUT2D eigenvalue weighted by molar-refractivity contribution is 5.91. The van der Waals surface area contributed by atoms with Crippen molar-refractivity contribution in [2.24, 2.45) is 5.84 Å². The molecule has 0 aromatic carbocycles. The summed E-state index contributed by atoms with van der Waals surface area (Å²) in [5, 5.41) is 9.57. The van der Waals surface area contributed by atoms with Gasteiger partial charge in [-0.1, -0.05) is 0 Å². The molecule has 138 valence electrons. The summed E-state index contributed by atoms with van der Waals surface area (Å²) in [4.78, 5) is 27.1. The van der Waals surface area contributed by atoms with Gasteiger partial charge in [0.05, 0.1) is 17.6 Å². The van der Waals surface area contributed by atoms with E-state index < -0.39 is 17.8 Å². The van der Waals surface area contributed by atoms with Gasteiger partial charge in [0.1, 0.15) is 11.4 Å². The molecule has 0 aliphatic rings. The first-order valence-corrected chi connectivity index (χ1v) is 7.36. The van der Waals surface area contributed by atoms with Gasteiger partial charge in [0.25, 0.3) is 0 Å². The summed E-state index contributed by atoms with van der Waals surface area (Å²) in [7, 11) is 0. The molecule has 0 bridgehead atoms. The number of nitrogen functional groups attached to an aromatic ring is 1. The van der Waals surface area contributed by atoms with Gasteiger partial charge in [0.2, 0.25) is 5.82 Å². The van der Waals surface area contributed by atoms with E-state index in [1.807, 2.05) is 5.43 Å². The van der Waals surface area contributed by atoms with Crippen molar-refractivity contribution in [2.45, 2.75) is 6.18 Å². The number of amides is 1. The monoisotopic (exact) mass is 376 g/mol. The zero-order valence-corrected chi connectivity index (χ0v) is 13.4. The van der Waals surface area contributed by atoms with Crippen molar-refractivity contribution in [3.8, 4) is 28.3 Å². The molecule has 0 spiro atoms. The van der Waals surface area contributed by atoms with Crippen molar-refractivity contribution in [2.75, 3.05) is 0 Å². The predicted octanol–water partition coefficient (Wildman–Crippen LogP) is 1.93. The molecule has 0 unspecified atom stereocenters. The second-order valence-electron chi connectivity index (χ2n) is 5.30. The number of nitrogens with zero attached hydrogens (tertiary/aromatic N) is 4. The SMILES string of the molecule is NNC(=O)c1nc(-c2ccc(C(F)(F)F)nc2)cc(-c2cncc(O)c2)n1. The number of carbonyl (C=O) groups is 1. The number of pyridine rings is 2. The van der Waals surface area contributed by atoms with Crippen LogP contribution in [0.15, 0.2) is 42.9 Å². The van der Waals surface area contributed by atoms with Crippen LogP contribution in [0.25, 0.3) is 22.5 Å². The Bertz CT molecular complexity index is 992. The Labute approximate surface area is 149 Å². The van der Waals surface area contributed by atoms with Gasteiger partial charge in [-0.2, -0.15) is 13.2 Å². The molecule has 11 heteroatoms. The van der Waals surface area contributed by atoms with Crippen LogP contribution >= 0.6 is 0 Å². The third-order valence-electron chi connectivity index (χ3n) is 3.43. The number of hydrogen-bond donors (Lipinski definition) is 3. The fourth-order valence-electron chi connectivity index (χ4n) is 2.19. The molecule has 8 nitrogen and oxygen atoms in total. The average molecular weight is 376 g/mol. The summed E-state index contributed by atoms with van der Waals surface area (Å²) in [5.74, 6) is 3.86. The van der Waals surface area contributed by atoms with E-state index in [1.54, 1.807) is 0 Å². The number of rotatable bonds is 3. The molecule has 0 radical (unpaired) electrons. The highest BCUT2D eigenvalue weighted by atomic mass is 19.4. The number of halogens is 3. The van der Waals surface area contributed by atoms with Crippen LogP contribution in [0.1, 0.15) is 16.3 Å². The number of hydrazine groups is 1. The molecule has 0 fully saturated rings. The summed E-state index contributed by atoms with van der Waals surface area (Å²) < 4.78 is 38.0. The van der Waals surface area contributed by atoms with E-state index in [9.17, 15) is 23.1 Å². The van der Waals surface area contributed by atoms with Gasteiger partial charge < -0.3 is 5.11 Å². The van der Waals surface area contributed by atoms with Gasteiger partial charge in [0.15, 0.2) is 0 Å². The van der Waals surface area contributed by atoms with Crippen LogP contribution < -0.4 is 11.3 Å². The highest BCUT2D eigenvalue weighted by Crippen LogP contribution is 2.29. The van der Waals surface area contributed by atoms with E-state index in [2.05, 4.69) is 19.9 Å². The first-order chi connectivity index (χ1) is 12.8. The Hall–Kier alpha value is -3.60. The lowest BCUT2D eigenvalue weighted by molar-refractivity contribution is -0.141. The molecule has 0 saturated heterocycles. The number of nitrogens with one attached hydrogen (secondary N) is 1. The molecule has 0 aliphatic carbocycles. The van der Waals surface area contributed by atoms with E-state index in [1.165, 1.54) is 30.6 Å². The largest absolute Gasteiger partial charge is 0.506 e. The molecule has 3 heterocycles. The quantitative estimate of drug-likeness (QED) is 0.362. The predicted molar refractivity (Wildman–Crippen MR) is 86.8 cm³/mol.